The van der Waals surface area contributed by atoms with Crippen LogP contribution in [0.5, 0.6) is 5.75 Å². The highest BCUT2D eigenvalue weighted by Gasteiger charge is 2.53. The third kappa shape index (κ3) is 4.57. The Hall–Kier alpha value is -2.70. The number of hydrogen-bond donors (Lipinski definition) is 0. The molecule has 2 fully saturated rings. The fraction of sp³-hybridized carbons (Fsp3) is 0.643. The molecule has 2 aromatic rings. The van der Waals surface area contributed by atoms with Gasteiger partial charge in [0.15, 0.2) is 5.82 Å². The predicted molar refractivity (Wildman–Crippen MR) is 146 cm³/mol. The van der Waals surface area contributed by atoms with Crippen LogP contribution in [-0.4, -0.2) is 71.8 Å². The van der Waals surface area contributed by atoms with E-state index in [4.69, 9.17) is 23.9 Å². The van der Waals surface area contributed by atoms with Crippen molar-refractivity contribution in [2.75, 3.05) is 37.8 Å². The first kappa shape index (κ1) is 27.5. The summed E-state index contributed by atoms with van der Waals surface area (Å²) in [6, 6.07) is 3.32. The Morgan fingerprint density at radius 3 is 2.42 bits per heavy atom. The maximum Gasteiger partial charge on any atom is 0.495 e. The van der Waals surface area contributed by atoms with E-state index in [1.54, 1.807) is 13.0 Å². The number of fused-ring (bicyclic) bond motifs is 2. The van der Waals surface area contributed by atoms with E-state index < -0.39 is 24.7 Å². The molecule has 0 bridgehead atoms. The quantitative estimate of drug-likeness (QED) is 0.527. The number of nitrogens with zero attached hydrogens (tertiary/aromatic N) is 4. The summed E-state index contributed by atoms with van der Waals surface area (Å²) in [5.74, 6) is 1.18. The van der Waals surface area contributed by atoms with Crippen molar-refractivity contribution < 1.29 is 32.4 Å². The van der Waals surface area contributed by atoms with Gasteiger partial charge < -0.3 is 28.6 Å². The van der Waals surface area contributed by atoms with Crippen LogP contribution >= 0.6 is 0 Å². The highest BCUT2D eigenvalue weighted by molar-refractivity contribution is 6.62. The van der Waals surface area contributed by atoms with Gasteiger partial charge in [-0.15, -0.1) is 0 Å². The van der Waals surface area contributed by atoms with Crippen LogP contribution in [-0.2, 0) is 31.8 Å². The minimum absolute atomic E-state index is 0.00448. The summed E-state index contributed by atoms with van der Waals surface area (Å²) in [6.45, 7) is 12.4. The number of benzene rings is 1. The van der Waals surface area contributed by atoms with E-state index in [0.717, 1.165) is 24.1 Å². The lowest BCUT2D eigenvalue weighted by molar-refractivity contribution is -0.129. The average molecular weight is 558 g/mol. The molecule has 216 valence electrons. The Bertz CT molecular complexity index is 1290. The molecule has 40 heavy (non-hydrogen) atoms. The maximum absolute atomic E-state index is 14.6. The van der Waals surface area contributed by atoms with Crippen molar-refractivity contribution in [2.45, 2.75) is 84.1 Å². The summed E-state index contributed by atoms with van der Waals surface area (Å²) in [7, 11) is -0.942. The zero-order valence-electron chi connectivity index (χ0n) is 23.8. The smallest absolute Gasteiger partial charge is 0.490 e. The van der Waals surface area contributed by atoms with Gasteiger partial charge in [-0.2, -0.15) is 5.10 Å². The third-order valence-electron chi connectivity index (χ3n) is 9.07. The Labute approximate surface area is 233 Å². The number of anilines is 2. The molecule has 0 N–H and O–H groups in total. The zero-order valence-corrected chi connectivity index (χ0v) is 23.8. The molecular formula is C28H37BF2N4O5. The number of alkyl halides is 2. The molecule has 1 aromatic heterocycles. The number of hydrogen-bond acceptors (Lipinski definition) is 7. The number of aromatic nitrogens is 2. The van der Waals surface area contributed by atoms with Crippen LogP contribution in [0, 0.1) is 0 Å². The van der Waals surface area contributed by atoms with Crippen LogP contribution in [0.3, 0.4) is 0 Å². The largest absolute Gasteiger partial charge is 0.495 e. The predicted octanol–water partition coefficient (Wildman–Crippen LogP) is 3.91. The minimum Gasteiger partial charge on any atom is -0.490 e. The van der Waals surface area contributed by atoms with E-state index in [-0.39, 0.29) is 23.0 Å². The fourth-order valence-corrected chi connectivity index (χ4v) is 6.02. The van der Waals surface area contributed by atoms with Crippen molar-refractivity contribution in [1.82, 2.24) is 14.7 Å². The number of halogens is 2. The maximum atomic E-state index is 14.6. The standard InChI is InChI=1S/C28H37BF2N4O5/c1-17(36)33-9-6-22-20(16-33)26(32-35(22)18-7-11-37-12-8-18)34-10-13-38-24-15-21(19(25(30)31)14-23(24)34)29-39-27(2,3)28(4,5)40-29/h14-15,18,25H,6-13,16H2,1-5H3. The second kappa shape index (κ2) is 9.99. The molecule has 9 nitrogen and oxygen atoms in total. The molecule has 0 unspecified atom stereocenters. The van der Waals surface area contributed by atoms with E-state index in [9.17, 15) is 13.6 Å². The van der Waals surface area contributed by atoms with E-state index in [0.29, 0.717) is 63.1 Å². The summed E-state index contributed by atoms with van der Waals surface area (Å²) in [4.78, 5) is 16.1. The van der Waals surface area contributed by atoms with Crippen LogP contribution < -0.4 is 15.1 Å². The number of amides is 1. The summed E-state index contributed by atoms with van der Waals surface area (Å²) < 4.78 is 55.1. The molecule has 5 heterocycles. The topological polar surface area (TPSA) is 78.3 Å². The van der Waals surface area contributed by atoms with Gasteiger partial charge in [0, 0.05) is 49.9 Å². The lowest BCUT2D eigenvalue weighted by Crippen LogP contribution is -2.41. The fourth-order valence-electron chi connectivity index (χ4n) is 6.02. The number of rotatable bonds is 4. The second-order valence-corrected chi connectivity index (χ2v) is 12.1. The van der Waals surface area contributed by atoms with Crippen LogP contribution in [0.1, 0.15) is 76.7 Å². The Balaban J connectivity index is 1.43. The molecule has 0 aliphatic carbocycles. The molecule has 0 spiro atoms. The average Bonchev–Trinajstić information content (AvgIpc) is 3.40. The van der Waals surface area contributed by atoms with Gasteiger partial charge in [-0.1, -0.05) is 0 Å². The zero-order chi connectivity index (χ0) is 28.4. The highest BCUT2D eigenvalue weighted by atomic mass is 19.3. The minimum atomic E-state index is -2.75. The SMILES string of the molecule is CC(=O)N1CCc2c(c(N3CCOc4cc(B5OC(C)(C)C(C)(C)O5)c(C(F)F)cc43)nn2C2CCOCC2)C1. The first-order valence-electron chi connectivity index (χ1n) is 14.1. The monoisotopic (exact) mass is 558 g/mol. The van der Waals surface area contributed by atoms with Crippen molar-refractivity contribution in [3.8, 4) is 5.75 Å². The van der Waals surface area contributed by atoms with Crippen LogP contribution in [0.4, 0.5) is 20.3 Å². The van der Waals surface area contributed by atoms with E-state index in [1.165, 1.54) is 6.07 Å². The first-order valence-corrected chi connectivity index (χ1v) is 14.1. The third-order valence-corrected chi connectivity index (χ3v) is 9.07. The van der Waals surface area contributed by atoms with Gasteiger partial charge in [0.2, 0.25) is 5.91 Å². The van der Waals surface area contributed by atoms with Gasteiger partial charge >= 0.3 is 7.12 Å². The molecule has 6 rings (SSSR count). The molecule has 0 atom stereocenters. The van der Waals surface area contributed by atoms with Gasteiger partial charge in [-0.25, -0.2) is 8.78 Å². The summed E-state index contributed by atoms with van der Waals surface area (Å²) in [5, 5.41) is 5.10. The van der Waals surface area contributed by atoms with Crippen LogP contribution in [0.15, 0.2) is 12.1 Å². The summed E-state index contributed by atoms with van der Waals surface area (Å²) in [6.07, 6.45) is -0.336. The van der Waals surface area contributed by atoms with E-state index in [2.05, 4.69) is 4.68 Å². The van der Waals surface area contributed by atoms with Crippen molar-refractivity contribution in [1.29, 1.82) is 0 Å². The number of ether oxygens (including phenoxy) is 2. The lowest BCUT2D eigenvalue weighted by Gasteiger charge is -2.33. The molecule has 0 saturated carbocycles. The van der Waals surface area contributed by atoms with Gasteiger partial charge in [0.25, 0.3) is 6.43 Å². The second-order valence-electron chi connectivity index (χ2n) is 12.1. The molecule has 0 radical (unpaired) electrons. The molecular weight excluding hydrogens is 521 g/mol. The summed E-state index contributed by atoms with van der Waals surface area (Å²) >= 11 is 0. The van der Waals surface area contributed by atoms with Gasteiger partial charge in [0.05, 0.1) is 36.0 Å². The normalized spacial score (nSPS) is 22.4. The molecule has 1 aromatic carbocycles. The molecule has 12 heteroatoms. The Kier molecular flexibility index (Phi) is 6.86. The highest BCUT2D eigenvalue weighted by Crippen LogP contribution is 2.43. The van der Waals surface area contributed by atoms with E-state index >= 15 is 0 Å². The Morgan fingerprint density at radius 1 is 1.07 bits per heavy atom. The lowest BCUT2D eigenvalue weighted by atomic mass is 9.75. The van der Waals surface area contributed by atoms with Gasteiger partial charge in [0.1, 0.15) is 12.4 Å². The molecule has 2 saturated heterocycles. The van der Waals surface area contributed by atoms with Crippen molar-refractivity contribution in [3.05, 3.63) is 29.0 Å². The molecule has 1 amide bonds. The van der Waals surface area contributed by atoms with Gasteiger partial charge in [-0.05, 0) is 58.1 Å². The molecule has 4 aliphatic rings. The van der Waals surface area contributed by atoms with Gasteiger partial charge in [-0.3, -0.25) is 9.48 Å². The van der Waals surface area contributed by atoms with Crippen molar-refractivity contribution in [3.63, 3.8) is 0 Å². The number of carbonyl (C=O) groups excluding carboxylic acids is 1. The first-order chi connectivity index (χ1) is 19.0. The number of carbonyl (C=O) groups is 1. The van der Waals surface area contributed by atoms with Crippen molar-refractivity contribution in [2.24, 2.45) is 0 Å². The molecule has 4 aliphatic heterocycles. The van der Waals surface area contributed by atoms with Crippen LogP contribution in [0.25, 0.3) is 0 Å². The van der Waals surface area contributed by atoms with E-state index in [1.807, 2.05) is 37.5 Å². The van der Waals surface area contributed by atoms with Crippen molar-refractivity contribution >= 4 is 30.0 Å². The Morgan fingerprint density at radius 2 is 1.77 bits per heavy atom. The van der Waals surface area contributed by atoms with Crippen LogP contribution in [0.2, 0.25) is 0 Å². The summed E-state index contributed by atoms with van der Waals surface area (Å²) in [5.41, 5.74) is 1.38.